The Morgan fingerprint density at radius 3 is 2.73 bits per heavy atom. The first-order valence-corrected chi connectivity index (χ1v) is 10.8. The van der Waals surface area contributed by atoms with Crippen LogP contribution in [0.15, 0.2) is 54.7 Å². The quantitative estimate of drug-likeness (QED) is 0.362. The number of likely N-dealkylation sites (N-methyl/N-ethyl adjacent to an activating group) is 1. The third-order valence-corrected chi connectivity index (χ3v) is 5.62. The summed E-state index contributed by atoms with van der Waals surface area (Å²) in [6.45, 7) is 3.53. The number of hydrogen-bond acceptors (Lipinski definition) is 7. The highest BCUT2D eigenvalue weighted by Crippen LogP contribution is 2.25. The maximum Gasteiger partial charge on any atom is 0.356 e. The predicted molar refractivity (Wildman–Crippen MR) is 127 cm³/mol. The predicted octanol–water partition coefficient (Wildman–Crippen LogP) is 4.14. The average molecular weight is 466 g/mol. The highest BCUT2D eigenvalue weighted by molar-refractivity contribution is 6.31. The van der Waals surface area contributed by atoms with Gasteiger partial charge in [0.1, 0.15) is 29.5 Å². The first kappa shape index (κ1) is 22.5. The topological polar surface area (TPSA) is 82.4 Å². The lowest BCUT2D eigenvalue weighted by molar-refractivity contribution is 0.0594. The van der Waals surface area contributed by atoms with Crippen LogP contribution in [0.3, 0.4) is 0 Å². The van der Waals surface area contributed by atoms with Crippen LogP contribution in [0.25, 0.3) is 11.2 Å². The molecule has 8 nitrogen and oxygen atoms in total. The van der Waals surface area contributed by atoms with Gasteiger partial charge in [0.05, 0.1) is 20.2 Å². The lowest BCUT2D eigenvalue weighted by Gasteiger charge is -2.18. The van der Waals surface area contributed by atoms with Crippen LogP contribution in [0.5, 0.6) is 5.75 Å². The lowest BCUT2D eigenvalue weighted by atomic mass is 10.2. The summed E-state index contributed by atoms with van der Waals surface area (Å²) in [6, 6.07) is 14.8. The van der Waals surface area contributed by atoms with Crippen LogP contribution in [0.1, 0.15) is 21.9 Å². The van der Waals surface area contributed by atoms with Gasteiger partial charge < -0.3 is 18.9 Å². The molecule has 0 aliphatic rings. The molecule has 0 fully saturated rings. The molecule has 0 aliphatic carbocycles. The van der Waals surface area contributed by atoms with Crippen molar-refractivity contribution < 1.29 is 14.3 Å². The smallest absolute Gasteiger partial charge is 0.356 e. The molecule has 170 valence electrons. The molecule has 0 atom stereocenters. The van der Waals surface area contributed by atoms with E-state index in [9.17, 15) is 4.79 Å². The standard InChI is InChI=1S/C24H24ClN5O3/c1-16-27-20-9-10-21(24(31)32-3)28-23(20)30(16)15-17-7-8-18(14-19(17)25)33-13-12-29(2)22-6-4-5-11-26-22/h4-11,14H,12-13,15H2,1-3H3. The third-order valence-electron chi connectivity index (χ3n) is 5.27. The normalized spacial score (nSPS) is 10.9. The molecule has 4 aromatic rings. The number of fused-ring (bicyclic) bond motifs is 1. The minimum atomic E-state index is -0.490. The molecule has 0 N–H and O–H groups in total. The average Bonchev–Trinajstić information content (AvgIpc) is 3.14. The van der Waals surface area contributed by atoms with E-state index in [4.69, 9.17) is 21.1 Å². The fourth-order valence-electron chi connectivity index (χ4n) is 3.43. The Labute approximate surface area is 196 Å². The Morgan fingerprint density at radius 1 is 1.15 bits per heavy atom. The van der Waals surface area contributed by atoms with Crippen LogP contribution < -0.4 is 9.64 Å². The number of esters is 1. The maximum atomic E-state index is 11.9. The molecule has 0 aliphatic heterocycles. The summed E-state index contributed by atoms with van der Waals surface area (Å²) in [6.07, 6.45) is 1.77. The molecule has 9 heteroatoms. The van der Waals surface area contributed by atoms with Crippen molar-refractivity contribution in [1.29, 1.82) is 0 Å². The lowest BCUT2D eigenvalue weighted by Crippen LogP contribution is -2.24. The van der Waals surface area contributed by atoms with Gasteiger partial charge in [-0.05, 0) is 48.9 Å². The van der Waals surface area contributed by atoms with Crippen molar-refractivity contribution in [3.8, 4) is 5.75 Å². The molecule has 0 spiro atoms. The zero-order valence-corrected chi connectivity index (χ0v) is 19.4. The molecule has 0 saturated carbocycles. The molecule has 0 radical (unpaired) electrons. The molecule has 0 bridgehead atoms. The Bertz CT molecular complexity index is 1280. The van der Waals surface area contributed by atoms with Crippen LogP contribution in [0.2, 0.25) is 5.02 Å². The summed E-state index contributed by atoms with van der Waals surface area (Å²) in [7, 11) is 3.30. The highest BCUT2D eigenvalue weighted by atomic mass is 35.5. The van der Waals surface area contributed by atoms with Crippen molar-refractivity contribution in [3.63, 3.8) is 0 Å². The van der Waals surface area contributed by atoms with Crippen molar-refractivity contribution in [3.05, 3.63) is 76.8 Å². The molecule has 0 saturated heterocycles. The van der Waals surface area contributed by atoms with E-state index in [1.54, 1.807) is 24.4 Å². The number of methoxy groups -OCH3 is 1. The van der Waals surface area contributed by atoms with E-state index in [0.29, 0.717) is 41.6 Å². The number of hydrogen-bond donors (Lipinski definition) is 0. The van der Waals surface area contributed by atoms with Crippen LogP contribution in [0, 0.1) is 6.92 Å². The number of benzene rings is 1. The van der Waals surface area contributed by atoms with Crippen molar-refractivity contribution in [2.75, 3.05) is 32.2 Å². The number of carbonyl (C=O) groups is 1. The van der Waals surface area contributed by atoms with E-state index in [1.165, 1.54) is 7.11 Å². The Hall–Kier alpha value is -3.65. The second kappa shape index (κ2) is 9.87. The summed E-state index contributed by atoms with van der Waals surface area (Å²) in [5.41, 5.74) is 2.43. The summed E-state index contributed by atoms with van der Waals surface area (Å²) >= 11 is 6.56. The first-order valence-electron chi connectivity index (χ1n) is 10.4. The van der Waals surface area contributed by atoms with Crippen LogP contribution >= 0.6 is 11.6 Å². The van der Waals surface area contributed by atoms with Crippen molar-refractivity contribution >= 4 is 34.6 Å². The van der Waals surface area contributed by atoms with E-state index in [2.05, 4.69) is 15.0 Å². The second-order valence-electron chi connectivity index (χ2n) is 7.49. The van der Waals surface area contributed by atoms with E-state index in [0.717, 1.165) is 17.2 Å². The summed E-state index contributed by atoms with van der Waals surface area (Å²) < 4.78 is 12.6. The minimum Gasteiger partial charge on any atom is -0.492 e. The first-order chi connectivity index (χ1) is 16.0. The van der Waals surface area contributed by atoms with Gasteiger partial charge in [-0.3, -0.25) is 0 Å². The summed E-state index contributed by atoms with van der Waals surface area (Å²) in [5, 5.41) is 0.580. The number of ether oxygens (including phenoxy) is 2. The molecule has 3 aromatic heterocycles. The van der Waals surface area contributed by atoms with Gasteiger partial charge in [0, 0.05) is 18.3 Å². The van der Waals surface area contributed by atoms with E-state index >= 15 is 0 Å². The Morgan fingerprint density at radius 2 is 2.00 bits per heavy atom. The van der Waals surface area contributed by atoms with Crippen LogP contribution in [-0.4, -0.2) is 52.8 Å². The molecule has 4 rings (SSSR count). The van der Waals surface area contributed by atoms with Gasteiger partial charge in [-0.2, -0.15) is 0 Å². The SMILES string of the molecule is COC(=O)c1ccc2nc(C)n(Cc3ccc(OCCN(C)c4ccccn4)cc3Cl)c2n1. The molecule has 1 aromatic carbocycles. The molecule has 0 amide bonds. The minimum absolute atomic E-state index is 0.233. The Kier molecular flexibility index (Phi) is 6.74. The van der Waals surface area contributed by atoms with Gasteiger partial charge in [0.15, 0.2) is 11.3 Å². The van der Waals surface area contributed by atoms with Gasteiger partial charge in [-0.15, -0.1) is 0 Å². The zero-order chi connectivity index (χ0) is 23.4. The van der Waals surface area contributed by atoms with E-state index in [1.807, 2.05) is 53.8 Å². The number of carbonyl (C=O) groups excluding carboxylic acids is 1. The summed E-state index contributed by atoms with van der Waals surface area (Å²) in [5.74, 6) is 1.86. The van der Waals surface area contributed by atoms with Crippen LogP contribution in [-0.2, 0) is 11.3 Å². The van der Waals surface area contributed by atoms with Gasteiger partial charge in [0.2, 0.25) is 0 Å². The maximum absolute atomic E-state index is 11.9. The number of imidazole rings is 1. The van der Waals surface area contributed by atoms with Gasteiger partial charge in [0.25, 0.3) is 0 Å². The van der Waals surface area contributed by atoms with Crippen molar-refractivity contribution in [1.82, 2.24) is 19.5 Å². The number of aromatic nitrogens is 4. The number of anilines is 1. The number of pyridine rings is 2. The molecular weight excluding hydrogens is 442 g/mol. The van der Waals surface area contributed by atoms with E-state index in [-0.39, 0.29) is 5.69 Å². The molecule has 3 heterocycles. The third kappa shape index (κ3) is 5.06. The number of halogens is 1. The van der Waals surface area contributed by atoms with Crippen LogP contribution in [0.4, 0.5) is 5.82 Å². The largest absolute Gasteiger partial charge is 0.492 e. The van der Waals surface area contributed by atoms with Crippen molar-refractivity contribution in [2.24, 2.45) is 0 Å². The van der Waals surface area contributed by atoms with Gasteiger partial charge >= 0.3 is 5.97 Å². The zero-order valence-electron chi connectivity index (χ0n) is 18.7. The summed E-state index contributed by atoms with van der Waals surface area (Å²) in [4.78, 5) is 27.2. The second-order valence-corrected chi connectivity index (χ2v) is 7.89. The monoisotopic (exact) mass is 465 g/mol. The Balaban J connectivity index is 1.46. The van der Waals surface area contributed by atoms with E-state index < -0.39 is 5.97 Å². The number of rotatable bonds is 8. The molecule has 33 heavy (non-hydrogen) atoms. The van der Waals surface area contributed by atoms with Gasteiger partial charge in [-0.1, -0.05) is 23.7 Å². The fraction of sp³-hybridized carbons (Fsp3) is 0.250. The highest BCUT2D eigenvalue weighted by Gasteiger charge is 2.15. The molecular formula is C24H24ClN5O3. The molecule has 0 unspecified atom stereocenters. The van der Waals surface area contributed by atoms with Gasteiger partial charge in [-0.25, -0.2) is 19.7 Å². The fourth-order valence-corrected chi connectivity index (χ4v) is 3.66. The number of aryl methyl sites for hydroxylation is 1. The number of nitrogens with zero attached hydrogens (tertiary/aromatic N) is 5. The van der Waals surface area contributed by atoms with Crippen molar-refractivity contribution in [2.45, 2.75) is 13.5 Å².